The number of benzene rings is 1. The van der Waals surface area contributed by atoms with Gasteiger partial charge in [0.2, 0.25) is 11.8 Å². The Kier molecular flexibility index (Phi) is 7.68. The van der Waals surface area contributed by atoms with E-state index in [1.807, 2.05) is 4.90 Å². The molecule has 2 aliphatic rings. The van der Waals surface area contributed by atoms with E-state index < -0.39 is 6.04 Å². The second kappa shape index (κ2) is 10.4. The van der Waals surface area contributed by atoms with Gasteiger partial charge >= 0.3 is 0 Å². The highest BCUT2D eigenvalue weighted by molar-refractivity contribution is 5.98. The van der Waals surface area contributed by atoms with Crippen LogP contribution in [0.15, 0.2) is 24.3 Å². The Bertz CT molecular complexity index is 755. The molecular weight excluding hydrogens is 386 g/mol. The fourth-order valence-corrected chi connectivity index (χ4v) is 4.20. The Morgan fingerprint density at radius 1 is 1.07 bits per heavy atom. The predicted octanol–water partition coefficient (Wildman–Crippen LogP) is 1.30. The Labute approximate surface area is 177 Å². The van der Waals surface area contributed by atoms with E-state index in [0.29, 0.717) is 37.2 Å². The highest BCUT2D eigenvalue weighted by atomic mass is 16.5. The summed E-state index contributed by atoms with van der Waals surface area (Å²) in [5.74, 6) is 0.225. The van der Waals surface area contributed by atoms with Crippen molar-refractivity contribution >= 4 is 17.7 Å². The topological polar surface area (TPSA) is 88.2 Å². The molecule has 0 saturated carbocycles. The van der Waals surface area contributed by atoms with Gasteiger partial charge in [-0.05, 0) is 49.8 Å². The third-order valence-corrected chi connectivity index (χ3v) is 5.93. The Morgan fingerprint density at radius 2 is 1.77 bits per heavy atom. The van der Waals surface area contributed by atoms with Crippen molar-refractivity contribution in [3.63, 3.8) is 0 Å². The van der Waals surface area contributed by atoms with Crippen LogP contribution >= 0.6 is 0 Å². The molecule has 0 aliphatic carbocycles. The van der Waals surface area contributed by atoms with E-state index in [1.165, 1.54) is 7.11 Å². The number of ether oxygens (including phenoxy) is 2. The normalized spacial score (nSPS) is 18.2. The molecule has 0 aromatic heterocycles. The molecule has 2 aliphatic heterocycles. The third-order valence-electron chi connectivity index (χ3n) is 5.93. The second-order valence-electron chi connectivity index (χ2n) is 7.87. The van der Waals surface area contributed by atoms with Gasteiger partial charge in [-0.3, -0.25) is 14.4 Å². The highest BCUT2D eigenvalue weighted by Gasteiger charge is 2.36. The highest BCUT2D eigenvalue weighted by Crippen LogP contribution is 2.24. The first-order chi connectivity index (χ1) is 14.5. The van der Waals surface area contributed by atoms with Gasteiger partial charge in [0.15, 0.2) is 0 Å². The van der Waals surface area contributed by atoms with Crippen molar-refractivity contribution < 1.29 is 23.9 Å². The third kappa shape index (κ3) is 5.30. The lowest BCUT2D eigenvalue weighted by Gasteiger charge is -2.37. The van der Waals surface area contributed by atoms with Crippen LogP contribution in [0.4, 0.5) is 0 Å². The number of methoxy groups -OCH3 is 2. The minimum atomic E-state index is -0.596. The summed E-state index contributed by atoms with van der Waals surface area (Å²) < 4.78 is 10.1. The van der Waals surface area contributed by atoms with Crippen LogP contribution < -0.4 is 10.1 Å². The predicted molar refractivity (Wildman–Crippen MR) is 111 cm³/mol. The Balaban J connectivity index is 1.71. The van der Waals surface area contributed by atoms with E-state index in [0.717, 1.165) is 25.9 Å². The molecule has 0 unspecified atom stereocenters. The molecule has 1 aromatic carbocycles. The fourth-order valence-electron chi connectivity index (χ4n) is 4.20. The van der Waals surface area contributed by atoms with Gasteiger partial charge in [-0.2, -0.15) is 0 Å². The molecule has 0 radical (unpaired) electrons. The van der Waals surface area contributed by atoms with Crippen LogP contribution in [0.1, 0.15) is 36.0 Å². The fraction of sp³-hybridized carbons (Fsp3) is 0.591. The lowest BCUT2D eigenvalue weighted by Crippen LogP contribution is -2.54. The van der Waals surface area contributed by atoms with Crippen LogP contribution in [0.25, 0.3) is 0 Å². The summed E-state index contributed by atoms with van der Waals surface area (Å²) in [5, 5.41) is 2.99. The van der Waals surface area contributed by atoms with Crippen molar-refractivity contribution in [2.45, 2.75) is 31.7 Å². The molecule has 3 rings (SSSR count). The smallest absolute Gasteiger partial charge is 0.252 e. The summed E-state index contributed by atoms with van der Waals surface area (Å²) in [6.07, 6.45) is 3.31. The van der Waals surface area contributed by atoms with Crippen LogP contribution in [-0.4, -0.2) is 80.6 Å². The first-order valence-electron chi connectivity index (χ1n) is 10.5. The number of amides is 3. The minimum absolute atomic E-state index is 0.0146. The molecule has 1 aromatic rings. The van der Waals surface area contributed by atoms with Gasteiger partial charge in [0, 0.05) is 38.9 Å². The van der Waals surface area contributed by atoms with Gasteiger partial charge in [-0.15, -0.1) is 0 Å². The monoisotopic (exact) mass is 417 g/mol. The molecule has 0 bridgehead atoms. The van der Waals surface area contributed by atoms with Crippen molar-refractivity contribution in [2.75, 3.05) is 47.0 Å². The Hall–Kier alpha value is -2.61. The molecule has 2 fully saturated rings. The van der Waals surface area contributed by atoms with Crippen molar-refractivity contribution in [2.24, 2.45) is 5.92 Å². The summed E-state index contributed by atoms with van der Waals surface area (Å²) in [6.45, 7) is 2.65. The summed E-state index contributed by atoms with van der Waals surface area (Å²) in [4.78, 5) is 41.9. The number of nitrogens with zero attached hydrogens (tertiary/aromatic N) is 2. The molecule has 1 atom stereocenters. The largest absolute Gasteiger partial charge is 0.497 e. The number of carbonyl (C=O) groups excluding carboxylic acids is 3. The second-order valence-corrected chi connectivity index (χ2v) is 7.87. The van der Waals surface area contributed by atoms with E-state index in [-0.39, 0.29) is 30.2 Å². The Morgan fingerprint density at radius 3 is 2.40 bits per heavy atom. The number of nitrogens with one attached hydrogen (secondary N) is 1. The lowest BCUT2D eigenvalue weighted by atomic mass is 9.88. The van der Waals surface area contributed by atoms with Gasteiger partial charge in [0.1, 0.15) is 18.4 Å². The first kappa shape index (κ1) is 22.1. The van der Waals surface area contributed by atoms with Gasteiger partial charge in [-0.25, -0.2) is 0 Å². The molecule has 8 nitrogen and oxygen atoms in total. The van der Waals surface area contributed by atoms with Crippen molar-refractivity contribution in [3.8, 4) is 5.75 Å². The zero-order chi connectivity index (χ0) is 21.5. The van der Waals surface area contributed by atoms with Crippen LogP contribution in [0, 0.1) is 5.92 Å². The maximum atomic E-state index is 13.2. The van der Waals surface area contributed by atoms with E-state index >= 15 is 0 Å². The first-order valence-corrected chi connectivity index (χ1v) is 10.5. The van der Waals surface area contributed by atoms with Crippen LogP contribution in [0.2, 0.25) is 0 Å². The van der Waals surface area contributed by atoms with E-state index in [4.69, 9.17) is 9.47 Å². The number of rotatable bonds is 7. The van der Waals surface area contributed by atoms with E-state index in [1.54, 1.807) is 36.3 Å². The average Bonchev–Trinajstić information content (AvgIpc) is 3.32. The summed E-state index contributed by atoms with van der Waals surface area (Å²) in [5.41, 5.74) is 0.460. The van der Waals surface area contributed by atoms with Gasteiger partial charge in [0.25, 0.3) is 5.91 Å². The van der Waals surface area contributed by atoms with Crippen LogP contribution in [0.3, 0.4) is 0 Å². The molecule has 0 spiro atoms. The maximum Gasteiger partial charge on any atom is 0.252 e. The number of likely N-dealkylation sites (tertiary alicyclic amines) is 2. The van der Waals surface area contributed by atoms with Gasteiger partial charge in [-0.1, -0.05) is 6.07 Å². The minimum Gasteiger partial charge on any atom is -0.497 e. The van der Waals surface area contributed by atoms with Crippen molar-refractivity contribution in [3.05, 3.63) is 29.8 Å². The van der Waals surface area contributed by atoms with Crippen LogP contribution in [0.5, 0.6) is 5.75 Å². The molecule has 8 heteroatoms. The van der Waals surface area contributed by atoms with Crippen molar-refractivity contribution in [1.29, 1.82) is 0 Å². The van der Waals surface area contributed by atoms with E-state index in [9.17, 15) is 14.4 Å². The van der Waals surface area contributed by atoms with Gasteiger partial charge in [0.05, 0.1) is 7.11 Å². The zero-order valence-electron chi connectivity index (χ0n) is 17.8. The summed E-state index contributed by atoms with van der Waals surface area (Å²) >= 11 is 0. The standard InChI is InChI=1S/C22H31N3O5/c1-29-15-19(26)24-12-8-16(9-13-24)20(22(28)25-10-3-4-11-25)23-21(27)17-6-5-7-18(14-17)30-2/h5-7,14,16,20H,3-4,8-13,15H2,1-2H3,(H,23,27)/t20-/m1/s1. The average molecular weight is 418 g/mol. The number of piperidine rings is 1. The molecule has 2 saturated heterocycles. The van der Waals surface area contributed by atoms with Gasteiger partial charge < -0.3 is 24.6 Å². The number of hydrogen-bond acceptors (Lipinski definition) is 5. The summed E-state index contributed by atoms with van der Waals surface area (Å²) in [6, 6.07) is 6.31. The molecule has 30 heavy (non-hydrogen) atoms. The number of carbonyl (C=O) groups is 3. The van der Waals surface area contributed by atoms with E-state index in [2.05, 4.69) is 5.32 Å². The maximum absolute atomic E-state index is 13.2. The quantitative estimate of drug-likeness (QED) is 0.723. The summed E-state index contributed by atoms with van der Waals surface area (Å²) in [7, 11) is 3.05. The lowest BCUT2D eigenvalue weighted by molar-refractivity contribution is -0.137. The molecular formula is C22H31N3O5. The molecule has 3 amide bonds. The molecule has 1 N–H and O–H groups in total. The molecule has 164 valence electrons. The molecule has 2 heterocycles. The van der Waals surface area contributed by atoms with Crippen molar-refractivity contribution in [1.82, 2.24) is 15.1 Å². The zero-order valence-corrected chi connectivity index (χ0v) is 17.8. The number of hydrogen-bond donors (Lipinski definition) is 1. The SMILES string of the molecule is COCC(=O)N1CCC([C@@H](NC(=O)c2cccc(OC)c2)C(=O)N2CCCC2)CC1. The van der Waals surface area contributed by atoms with Crippen LogP contribution in [-0.2, 0) is 14.3 Å².